The number of hydrogen-bond acceptors (Lipinski definition) is 6. The number of aromatic nitrogens is 1. The van der Waals surface area contributed by atoms with Gasteiger partial charge in [0.1, 0.15) is 11.5 Å². The molecule has 0 aromatic carbocycles. The first kappa shape index (κ1) is 32.6. The predicted molar refractivity (Wildman–Crippen MR) is 162 cm³/mol. The number of rotatable bonds is 11. The van der Waals surface area contributed by atoms with Crippen molar-refractivity contribution < 1.29 is 18.8 Å². The van der Waals surface area contributed by atoms with Crippen LogP contribution in [0.1, 0.15) is 98.7 Å². The Kier molecular flexibility index (Phi) is 10.9. The van der Waals surface area contributed by atoms with Gasteiger partial charge in [0.2, 0.25) is 0 Å². The van der Waals surface area contributed by atoms with E-state index in [0.717, 1.165) is 36.4 Å². The van der Waals surface area contributed by atoms with Gasteiger partial charge < -0.3 is 9.16 Å². The molecule has 0 saturated carbocycles. The highest BCUT2D eigenvalue weighted by molar-refractivity contribution is 7.09. The van der Waals surface area contributed by atoms with E-state index < -0.39 is 19.7 Å². The lowest BCUT2D eigenvalue weighted by Crippen LogP contribution is -2.52. The predicted octanol–water partition coefficient (Wildman–Crippen LogP) is 8.54. The normalized spacial score (nSPS) is 22.8. The van der Waals surface area contributed by atoms with E-state index >= 15 is 0 Å². The van der Waals surface area contributed by atoms with Crippen molar-refractivity contribution in [2.75, 3.05) is 0 Å². The number of allylic oxidation sites excluding steroid dienone is 1. The zero-order valence-corrected chi connectivity index (χ0v) is 27.7. The van der Waals surface area contributed by atoms with Crippen molar-refractivity contribution >= 4 is 37.5 Å². The van der Waals surface area contributed by atoms with Gasteiger partial charge in [0.25, 0.3) is 0 Å². The number of cyclic esters (lactones) is 1. The number of thiazole rings is 1. The van der Waals surface area contributed by atoms with Gasteiger partial charge in [-0.1, -0.05) is 46.3 Å². The summed E-state index contributed by atoms with van der Waals surface area (Å²) in [6.45, 7) is 25.2. The molecule has 0 spiro atoms. The summed E-state index contributed by atoms with van der Waals surface area (Å²) in [5, 5.41) is 3.30. The quantitative estimate of drug-likeness (QED) is 0.117. The summed E-state index contributed by atoms with van der Waals surface area (Å²) in [6.07, 6.45) is 7.87. The largest absolute Gasteiger partial charge is 0.461 e. The zero-order chi connectivity index (χ0) is 29.1. The van der Waals surface area contributed by atoms with Gasteiger partial charge in [0, 0.05) is 5.38 Å². The maximum absolute atomic E-state index is 12.7. The summed E-state index contributed by atoms with van der Waals surface area (Å²) in [5.41, 5.74) is 2.51. The highest BCUT2D eigenvalue weighted by atomic mass is 32.1. The third-order valence-corrected chi connectivity index (χ3v) is 13.8. The molecule has 0 unspecified atom stereocenters. The molecule has 1 fully saturated rings. The molecule has 0 aliphatic carbocycles. The second-order valence-corrected chi connectivity index (χ2v) is 19.2. The van der Waals surface area contributed by atoms with Gasteiger partial charge in [-0.2, -0.15) is 0 Å². The van der Waals surface area contributed by atoms with E-state index in [2.05, 4.69) is 77.2 Å². The van der Waals surface area contributed by atoms with Gasteiger partial charge in [0.15, 0.2) is 14.1 Å². The lowest BCUT2D eigenvalue weighted by molar-refractivity contribution is -0.181. The van der Waals surface area contributed by atoms with Crippen molar-refractivity contribution in [3.05, 3.63) is 33.3 Å². The Hall–Kier alpha value is -1.57. The van der Waals surface area contributed by atoms with Gasteiger partial charge in [-0.25, -0.2) is 4.98 Å². The van der Waals surface area contributed by atoms with Gasteiger partial charge in [-0.05, 0) is 96.0 Å². The highest BCUT2D eigenvalue weighted by Crippen LogP contribution is 2.39. The van der Waals surface area contributed by atoms with Crippen LogP contribution in [0, 0.1) is 24.2 Å². The Morgan fingerprint density at radius 1 is 1.26 bits per heavy atom. The lowest BCUT2D eigenvalue weighted by Gasteiger charge is -2.39. The zero-order valence-electron chi connectivity index (χ0n) is 25.9. The van der Waals surface area contributed by atoms with Crippen LogP contribution in [0.25, 0.3) is 6.08 Å². The van der Waals surface area contributed by atoms with Crippen LogP contribution in [0.4, 0.5) is 0 Å². The monoisotopic (exact) mass is 561 g/mol. The van der Waals surface area contributed by atoms with Crippen LogP contribution in [0.2, 0.25) is 18.1 Å². The number of Topliss-reactive ketones (excluding diaryl/α,β-unsaturated/α-hetero) is 1. The van der Waals surface area contributed by atoms with Gasteiger partial charge in [-0.15, -0.1) is 11.3 Å². The summed E-state index contributed by atoms with van der Waals surface area (Å²) in [4.78, 5) is 29.7. The average molecular weight is 562 g/mol. The Balaban J connectivity index is 2.04. The standard InChI is InChI=1S/C31H51NO4SSi/c1-20(14-13-15-21(2)27-23(4)28(33)31(9,10)29(34)35-27)16-17-26(36-38(11,12)30(6,7)8)22(3)18-25-19-37-24(5)32-25/h16,18-19,21,23,26-27H,13-15,17H2,1-12H3/b20-16-,22-18+/t21-,23+,26-,27-/m0/s1. The van der Waals surface area contributed by atoms with Crippen molar-refractivity contribution in [2.45, 2.75) is 125 Å². The molecule has 1 aromatic rings. The van der Waals surface area contributed by atoms with Gasteiger partial charge >= 0.3 is 5.97 Å². The third kappa shape index (κ3) is 8.22. The molecule has 7 heteroatoms. The van der Waals surface area contributed by atoms with E-state index in [1.54, 1.807) is 25.2 Å². The summed E-state index contributed by atoms with van der Waals surface area (Å²) < 4.78 is 12.6. The van der Waals surface area contributed by atoms with Crippen molar-refractivity contribution in [1.29, 1.82) is 0 Å². The fourth-order valence-corrected chi connectivity index (χ4v) is 6.63. The molecule has 0 bridgehead atoms. The van der Waals surface area contributed by atoms with E-state index in [-0.39, 0.29) is 34.9 Å². The Labute approximate surface area is 236 Å². The van der Waals surface area contributed by atoms with E-state index in [1.807, 2.05) is 13.8 Å². The Bertz CT molecular complexity index is 1050. The lowest BCUT2D eigenvalue weighted by atomic mass is 9.74. The van der Waals surface area contributed by atoms with Crippen LogP contribution in [0.5, 0.6) is 0 Å². The number of aryl methyl sites for hydroxylation is 1. The van der Waals surface area contributed by atoms with E-state index in [0.29, 0.717) is 0 Å². The highest BCUT2D eigenvalue weighted by Gasteiger charge is 2.49. The number of esters is 1. The first-order chi connectivity index (χ1) is 17.4. The topological polar surface area (TPSA) is 65.5 Å². The van der Waals surface area contributed by atoms with Crippen LogP contribution in [-0.4, -0.2) is 37.3 Å². The number of ether oxygens (including phenoxy) is 1. The molecule has 0 radical (unpaired) electrons. The number of carbonyl (C=O) groups excluding carboxylic acids is 2. The van der Waals surface area contributed by atoms with Gasteiger partial charge in [-0.3, -0.25) is 9.59 Å². The number of ketones is 1. The molecule has 2 rings (SSSR count). The molecule has 1 aromatic heterocycles. The van der Waals surface area contributed by atoms with Crippen LogP contribution < -0.4 is 0 Å². The molecular weight excluding hydrogens is 510 g/mol. The molecule has 2 heterocycles. The fraction of sp³-hybridized carbons (Fsp3) is 0.710. The first-order valence-electron chi connectivity index (χ1n) is 14.1. The molecule has 1 aliphatic heterocycles. The molecule has 0 N–H and O–H groups in total. The maximum atomic E-state index is 12.7. The van der Waals surface area contributed by atoms with Crippen molar-refractivity contribution in [1.82, 2.24) is 4.98 Å². The van der Waals surface area contributed by atoms with E-state index in [9.17, 15) is 9.59 Å². The van der Waals surface area contributed by atoms with Crippen LogP contribution in [0.3, 0.4) is 0 Å². The van der Waals surface area contributed by atoms with Crippen LogP contribution >= 0.6 is 11.3 Å². The summed E-state index contributed by atoms with van der Waals surface area (Å²) in [5.74, 6) is -0.523. The third-order valence-electron chi connectivity index (χ3n) is 8.51. The molecule has 0 amide bonds. The maximum Gasteiger partial charge on any atom is 0.319 e. The molecule has 5 nitrogen and oxygen atoms in total. The summed E-state index contributed by atoms with van der Waals surface area (Å²) in [6, 6.07) is 0. The van der Waals surface area contributed by atoms with Crippen molar-refractivity contribution in [2.24, 2.45) is 17.3 Å². The molecule has 38 heavy (non-hydrogen) atoms. The molecule has 4 atom stereocenters. The Morgan fingerprint density at radius 2 is 1.89 bits per heavy atom. The minimum atomic E-state index is -1.96. The second-order valence-electron chi connectivity index (χ2n) is 13.4. The van der Waals surface area contributed by atoms with E-state index in [4.69, 9.17) is 9.16 Å². The smallest absolute Gasteiger partial charge is 0.319 e. The van der Waals surface area contributed by atoms with Crippen molar-refractivity contribution in [3.8, 4) is 0 Å². The van der Waals surface area contributed by atoms with Crippen molar-refractivity contribution in [3.63, 3.8) is 0 Å². The summed E-state index contributed by atoms with van der Waals surface area (Å²) in [7, 11) is -1.96. The van der Waals surface area contributed by atoms with E-state index in [1.165, 1.54) is 11.1 Å². The minimum Gasteiger partial charge on any atom is -0.461 e. The van der Waals surface area contributed by atoms with Gasteiger partial charge in [0.05, 0.1) is 22.7 Å². The SMILES string of the molecule is C/C(=C/C[C@H](O[Si](C)(C)C(C)(C)C)/C(C)=C/c1csc(C)n1)CCC[C@H](C)[C@@H]1OC(=O)C(C)(C)C(=O)[C@@H]1C. The molecular formula is C31H51NO4SSi. The average Bonchev–Trinajstić information content (AvgIpc) is 3.21. The number of nitrogens with zero attached hydrogens (tertiary/aromatic N) is 1. The number of hydrogen-bond donors (Lipinski definition) is 0. The fourth-order valence-electron chi connectivity index (χ4n) is 4.71. The van der Waals surface area contributed by atoms with Crippen LogP contribution in [-0.2, 0) is 18.8 Å². The first-order valence-corrected chi connectivity index (χ1v) is 17.8. The summed E-state index contributed by atoms with van der Waals surface area (Å²) >= 11 is 1.67. The molecule has 1 saturated heterocycles. The molecule has 1 aliphatic rings. The van der Waals surface area contributed by atoms with Crippen LogP contribution in [0.15, 0.2) is 22.6 Å². The number of carbonyl (C=O) groups is 2. The minimum absolute atomic E-state index is 0.00862. The Morgan fingerprint density at radius 3 is 2.45 bits per heavy atom. The molecule has 214 valence electrons. The second kappa shape index (κ2) is 12.7.